The van der Waals surface area contributed by atoms with Gasteiger partial charge in [0.1, 0.15) is 0 Å². The smallest absolute Gasteiger partial charge is 0.305 e. The number of amides is 2. The Balaban J connectivity index is 1.84. The number of hydrogen-bond acceptors (Lipinski definition) is 3. The Bertz CT molecular complexity index is 526. The van der Waals surface area contributed by atoms with Crippen LogP contribution in [0.4, 0.5) is 0 Å². The molecule has 1 aromatic carbocycles. The SMILES string of the molecule is O=C(O)CCN(C(=O)CNC(=O)c1ccccc1)C1CC1. The van der Waals surface area contributed by atoms with Gasteiger partial charge in [0.05, 0.1) is 13.0 Å². The van der Waals surface area contributed by atoms with Crippen LogP contribution in [0.15, 0.2) is 30.3 Å². The molecule has 0 unspecified atom stereocenters. The van der Waals surface area contributed by atoms with Crippen LogP contribution in [0.3, 0.4) is 0 Å². The fourth-order valence-electron chi connectivity index (χ4n) is 2.06. The second kappa shape index (κ2) is 6.88. The van der Waals surface area contributed by atoms with E-state index in [1.54, 1.807) is 29.2 Å². The van der Waals surface area contributed by atoms with E-state index < -0.39 is 5.97 Å². The third kappa shape index (κ3) is 4.59. The van der Waals surface area contributed by atoms with Crippen LogP contribution < -0.4 is 5.32 Å². The minimum Gasteiger partial charge on any atom is -0.481 e. The highest BCUT2D eigenvalue weighted by Gasteiger charge is 2.32. The summed E-state index contributed by atoms with van der Waals surface area (Å²) in [7, 11) is 0. The number of benzene rings is 1. The molecule has 0 aliphatic heterocycles. The van der Waals surface area contributed by atoms with E-state index in [0.717, 1.165) is 12.8 Å². The van der Waals surface area contributed by atoms with Gasteiger partial charge in [-0.3, -0.25) is 14.4 Å². The number of hydrogen-bond donors (Lipinski definition) is 2. The third-order valence-corrected chi connectivity index (χ3v) is 3.31. The van der Waals surface area contributed by atoms with Crippen LogP contribution in [0.5, 0.6) is 0 Å². The second-order valence-corrected chi connectivity index (χ2v) is 5.01. The van der Waals surface area contributed by atoms with Crippen LogP contribution in [-0.4, -0.2) is 46.9 Å². The number of aliphatic carboxylic acids is 1. The molecule has 6 heteroatoms. The van der Waals surface area contributed by atoms with Gasteiger partial charge < -0.3 is 15.3 Å². The standard InChI is InChI=1S/C15H18N2O4/c18-13(17(12-6-7-12)9-8-14(19)20)10-16-15(21)11-4-2-1-3-5-11/h1-5,12H,6-10H2,(H,16,21)(H,19,20). The zero-order valence-electron chi connectivity index (χ0n) is 11.6. The maximum Gasteiger partial charge on any atom is 0.305 e. The summed E-state index contributed by atoms with van der Waals surface area (Å²) < 4.78 is 0. The first-order valence-corrected chi connectivity index (χ1v) is 6.92. The minimum atomic E-state index is -0.929. The van der Waals surface area contributed by atoms with E-state index >= 15 is 0 Å². The largest absolute Gasteiger partial charge is 0.481 e. The highest BCUT2D eigenvalue weighted by Crippen LogP contribution is 2.26. The Kier molecular flexibility index (Phi) is 4.92. The highest BCUT2D eigenvalue weighted by atomic mass is 16.4. The lowest BCUT2D eigenvalue weighted by Gasteiger charge is -2.21. The first kappa shape index (κ1) is 15.0. The molecule has 0 radical (unpaired) electrons. The van der Waals surface area contributed by atoms with Gasteiger partial charge in [-0.25, -0.2) is 0 Å². The molecular formula is C15H18N2O4. The summed E-state index contributed by atoms with van der Waals surface area (Å²) in [6.45, 7) is 0.0872. The van der Waals surface area contributed by atoms with Crippen molar-refractivity contribution >= 4 is 17.8 Å². The normalized spacial score (nSPS) is 13.5. The maximum atomic E-state index is 12.1. The minimum absolute atomic E-state index is 0.0745. The summed E-state index contributed by atoms with van der Waals surface area (Å²) in [5, 5.41) is 11.3. The number of nitrogens with one attached hydrogen (secondary N) is 1. The average molecular weight is 290 g/mol. The van der Waals surface area contributed by atoms with Gasteiger partial charge in [-0.2, -0.15) is 0 Å². The van der Waals surface area contributed by atoms with Crippen molar-refractivity contribution in [1.82, 2.24) is 10.2 Å². The van der Waals surface area contributed by atoms with Crippen LogP contribution in [0, 0.1) is 0 Å². The lowest BCUT2D eigenvalue weighted by Crippen LogP contribution is -2.42. The van der Waals surface area contributed by atoms with Crippen LogP contribution >= 0.6 is 0 Å². The van der Waals surface area contributed by atoms with Crippen molar-refractivity contribution < 1.29 is 19.5 Å². The first-order chi connectivity index (χ1) is 10.1. The molecule has 0 atom stereocenters. The van der Waals surface area contributed by atoms with E-state index in [-0.39, 0.29) is 37.4 Å². The monoisotopic (exact) mass is 290 g/mol. The van der Waals surface area contributed by atoms with E-state index in [9.17, 15) is 14.4 Å². The number of nitrogens with zero attached hydrogens (tertiary/aromatic N) is 1. The third-order valence-electron chi connectivity index (χ3n) is 3.31. The van der Waals surface area contributed by atoms with E-state index in [1.807, 2.05) is 6.07 Å². The first-order valence-electron chi connectivity index (χ1n) is 6.92. The Morgan fingerprint density at radius 2 is 1.86 bits per heavy atom. The summed E-state index contributed by atoms with van der Waals surface area (Å²) in [4.78, 5) is 36.1. The van der Waals surface area contributed by atoms with E-state index in [1.165, 1.54) is 0 Å². The molecule has 1 aliphatic carbocycles. The lowest BCUT2D eigenvalue weighted by atomic mass is 10.2. The topological polar surface area (TPSA) is 86.7 Å². The second-order valence-electron chi connectivity index (χ2n) is 5.01. The lowest BCUT2D eigenvalue weighted by molar-refractivity contribution is -0.138. The van der Waals surface area contributed by atoms with Gasteiger partial charge in [-0.05, 0) is 25.0 Å². The molecule has 0 aromatic heterocycles. The van der Waals surface area contributed by atoms with Crippen molar-refractivity contribution in [2.75, 3.05) is 13.1 Å². The van der Waals surface area contributed by atoms with Crippen molar-refractivity contribution in [2.45, 2.75) is 25.3 Å². The molecule has 0 bridgehead atoms. The summed E-state index contributed by atoms with van der Waals surface area (Å²) in [6.07, 6.45) is 1.73. The highest BCUT2D eigenvalue weighted by molar-refractivity contribution is 5.96. The molecule has 1 aromatic rings. The zero-order valence-corrected chi connectivity index (χ0v) is 11.6. The molecular weight excluding hydrogens is 272 g/mol. The molecule has 112 valence electrons. The fraction of sp³-hybridized carbons (Fsp3) is 0.400. The number of carbonyl (C=O) groups excluding carboxylic acids is 2. The van der Waals surface area contributed by atoms with Crippen LogP contribution in [0.2, 0.25) is 0 Å². The molecule has 0 saturated heterocycles. The molecule has 1 fully saturated rings. The summed E-state index contributed by atoms with van der Waals surface area (Å²) in [5.41, 5.74) is 0.494. The van der Waals surface area contributed by atoms with Crippen molar-refractivity contribution in [3.63, 3.8) is 0 Å². The summed E-state index contributed by atoms with van der Waals surface area (Å²) in [5.74, 6) is -1.47. The van der Waals surface area contributed by atoms with E-state index in [2.05, 4.69) is 5.32 Å². The molecule has 1 saturated carbocycles. The van der Waals surface area contributed by atoms with Gasteiger partial charge >= 0.3 is 5.97 Å². The zero-order chi connectivity index (χ0) is 15.2. The number of carboxylic acids is 1. The van der Waals surface area contributed by atoms with Gasteiger partial charge in [0.15, 0.2) is 0 Å². The van der Waals surface area contributed by atoms with Gasteiger partial charge in [0.25, 0.3) is 5.91 Å². The van der Waals surface area contributed by atoms with Crippen molar-refractivity contribution in [1.29, 1.82) is 0 Å². The van der Waals surface area contributed by atoms with Crippen LogP contribution in [0.1, 0.15) is 29.6 Å². The molecule has 6 nitrogen and oxygen atoms in total. The maximum absolute atomic E-state index is 12.1. The number of carboxylic acid groups (broad SMARTS) is 1. The number of carbonyl (C=O) groups is 3. The van der Waals surface area contributed by atoms with Gasteiger partial charge in [0.2, 0.25) is 5.91 Å². The molecule has 1 aliphatic rings. The fourth-order valence-corrected chi connectivity index (χ4v) is 2.06. The van der Waals surface area contributed by atoms with Crippen molar-refractivity contribution in [3.05, 3.63) is 35.9 Å². The molecule has 0 heterocycles. The Labute approximate surface area is 122 Å². The predicted octanol–water partition coefficient (Wildman–Crippen LogP) is 0.882. The molecule has 21 heavy (non-hydrogen) atoms. The quantitative estimate of drug-likeness (QED) is 0.780. The van der Waals surface area contributed by atoms with Crippen molar-refractivity contribution in [2.24, 2.45) is 0 Å². The summed E-state index contributed by atoms with van der Waals surface area (Å²) >= 11 is 0. The Hall–Kier alpha value is -2.37. The summed E-state index contributed by atoms with van der Waals surface area (Å²) in [6, 6.07) is 8.78. The van der Waals surface area contributed by atoms with Gasteiger partial charge in [-0.1, -0.05) is 18.2 Å². The molecule has 2 N–H and O–H groups in total. The molecule has 2 amide bonds. The van der Waals surface area contributed by atoms with E-state index in [0.29, 0.717) is 5.56 Å². The van der Waals surface area contributed by atoms with Crippen LogP contribution in [-0.2, 0) is 9.59 Å². The van der Waals surface area contributed by atoms with Crippen LogP contribution in [0.25, 0.3) is 0 Å². The Morgan fingerprint density at radius 3 is 2.43 bits per heavy atom. The number of rotatable bonds is 7. The predicted molar refractivity (Wildman–Crippen MR) is 75.8 cm³/mol. The molecule has 2 rings (SSSR count). The average Bonchev–Trinajstić information content (AvgIpc) is 3.30. The van der Waals surface area contributed by atoms with Gasteiger partial charge in [0, 0.05) is 18.2 Å². The molecule has 0 spiro atoms. The van der Waals surface area contributed by atoms with Gasteiger partial charge in [-0.15, -0.1) is 0 Å². The van der Waals surface area contributed by atoms with E-state index in [4.69, 9.17) is 5.11 Å². The Morgan fingerprint density at radius 1 is 1.19 bits per heavy atom. The van der Waals surface area contributed by atoms with Crippen molar-refractivity contribution in [3.8, 4) is 0 Å².